The first-order chi connectivity index (χ1) is 8.69. The number of pyridine rings is 1. The Kier molecular flexibility index (Phi) is 4.18. The van der Waals surface area contributed by atoms with Gasteiger partial charge < -0.3 is 9.84 Å². The number of rotatable bonds is 4. The van der Waals surface area contributed by atoms with E-state index in [1.165, 1.54) is 31.5 Å². The van der Waals surface area contributed by atoms with Gasteiger partial charge in [-0.1, -0.05) is 19.8 Å². The molecule has 0 radical (unpaired) electrons. The van der Waals surface area contributed by atoms with Gasteiger partial charge in [-0.25, -0.2) is 9.78 Å². The molecule has 2 atom stereocenters. The Labute approximate surface area is 107 Å². The first-order valence-corrected chi connectivity index (χ1v) is 6.55. The standard InChI is InChI=1S/C14H19NO3/c1-2-10-4-3-5-12(8-10)18-13-7-6-11(9-15-13)14(16)17/h6-7,9-10,12H,2-5,8H2,1H3,(H,16,17). The Balaban J connectivity index is 1.94. The normalized spacial score (nSPS) is 23.6. The van der Waals surface area contributed by atoms with E-state index in [0.29, 0.717) is 5.88 Å². The highest BCUT2D eigenvalue weighted by atomic mass is 16.5. The average molecular weight is 249 g/mol. The molecule has 1 N–H and O–H groups in total. The topological polar surface area (TPSA) is 59.4 Å². The molecule has 4 nitrogen and oxygen atoms in total. The molecule has 0 bridgehead atoms. The molecule has 1 aromatic rings. The Hall–Kier alpha value is -1.58. The maximum Gasteiger partial charge on any atom is 0.337 e. The fraction of sp³-hybridized carbons (Fsp3) is 0.571. The Bertz CT molecular complexity index is 402. The summed E-state index contributed by atoms with van der Waals surface area (Å²) in [6.45, 7) is 2.22. The fourth-order valence-corrected chi connectivity index (χ4v) is 2.47. The van der Waals surface area contributed by atoms with Crippen molar-refractivity contribution in [2.75, 3.05) is 0 Å². The molecule has 1 aliphatic carbocycles. The van der Waals surface area contributed by atoms with Crippen LogP contribution in [0.3, 0.4) is 0 Å². The van der Waals surface area contributed by atoms with Gasteiger partial charge in [0.15, 0.2) is 0 Å². The lowest BCUT2D eigenvalue weighted by Crippen LogP contribution is -2.25. The molecule has 2 unspecified atom stereocenters. The third-order valence-corrected chi connectivity index (χ3v) is 3.58. The van der Waals surface area contributed by atoms with Gasteiger partial charge in [-0.3, -0.25) is 0 Å². The molecule has 1 aliphatic rings. The monoisotopic (exact) mass is 249 g/mol. The van der Waals surface area contributed by atoms with Gasteiger partial charge in [0.05, 0.1) is 5.56 Å². The maximum absolute atomic E-state index is 10.7. The molecular weight excluding hydrogens is 230 g/mol. The van der Waals surface area contributed by atoms with Gasteiger partial charge in [0.25, 0.3) is 0 Å². The summed E-state index contributed by atoms with van der Waals surface area (Å²) in [6.07, 6.45) is 7.42. The van der Waals surface area contributed by atoms with E-state index in [-0.39, 0.29) is 11.7 Å². The summed E-state index contributed by atoms with van der Waals surface area (Å²) >= 11 is 0. The van der Waals surface area contributed by atoms with Crippen molar-refractivity contribution >= 4 is 5.97 Å². The largest absolute Gasteiger partial charge is 0.478 e. The van der Waals surface area contributed by atoms with E-state index >= 15 is 0 Å². The molecule has 0 aliphatic heterocycles. The van der Waals surface area contributed by atoms with Crippen LogP contribution in [0.2, 0.25) is 0 Å². The van der Waals surface area contributed by atoms with E-state index in [1.54, 1.807) is 6.07 Å². The SMILES string of the molecule is CCC1CCCC(Oc2ccc(C(=O)O)cn2)C1. The lowest BCUT2D eigenvalue weighted by atomic mass is 9.85. The molecule has 4 heteroatoms. The number of carbonyl (C=O) groups is 1. The van der Waals surface area contributed by atoms with Gasteiger partial charge in [-0.05, 0) is 31.2 Å². The van der Waals surface area contributed by atoms with Crippen LogP contribution in [0, 0.1) is 5.92 Å². The van der Waals surface area contributed by atoms with Crippen molar-refractivity contribution in [2.45, 2.75) is 45.1 Å². The first kappa shape index (κ1) is 12.9. The van der Waals surface area contributed by atoms with E-state index in [1.807, 2.05) is 0 Å². The minimum Gasteiger partial charge on any atom is -0.478 e. The Morgan fingerprint density at radius 2 is 2.33 bits per heavy atom. The maximum atomic E-state index is 10.7. The minimum atomic E-state index is -0.960. The summed E-state index contributed by atoms with van der Waals surface area (Å²) in [5.41, 5.74) is 0.192. The number of hydrogen-bond acceptors (Lipinski definition) is 3. The van der Waals surface area contributed by atoms with Crippen LogP contribution < -0.4 is 4.74 Å². The highest BCUT2D eigenvalue weighted by Gasteiger charge is 2.22. The molecule has 2 rings (SSSR count). The number of aromatic nitrogens is 1. The number of hydrogen-bond donors (Lipinski definition) is 1. The molecule has 0 aromatic carbocycles. The van der Waals surface area contributed by atoms with Crippen LogP contribution >= 0.6 is 0 Å². The number of nitrogens with zero attached hydrogens (tertiary/aromatic N) is 1. The highest BCUT2D eigenvalue weighted by Crippen LogP contribution is 2.29. The van der Waals surface area contributed by atoms with Gasteiger partial charge in [-0.2, -0.15) is 0 Å². The summed E-state index contributed by atoms with van der Waals surface area (Å²) in [4.78, 5) is 14.7. The molecular formula is C14H19NO3. The Morgan fingerprint density at radius 1 is 1.50 bits per heavy atom. The molecule has 0 amide bonds. The number of carboxylic acids is 1. The van der Waals surface area contributed by atoms with Crippen molar-refractivity contribution in [3.8, 4) is 5.88 Å². The number of carboxylic acid groups (broad SMARTS) is 1. The van der Waals surface area contributed by atoms with Gasteiger partial charge in [0.2, 0.25) is 5.88 Å². The van der Waals surface area contributed by atoms with Crippen LogP contribution in [0.4, 0.5) is 0 Å². The van der Waals surface area contributed by atoms with E-state index in [9.17, 15) is 4.79 Å². The summed E-state index contributed by atoms with van der Waals surface area (Å²) < 4.78 is 5.82. The molecule has 1 saturated carbocycles. The third-order valence-electron chi connectivity index (χ3n) is 3.58. The second-order valence-electron chi connectivity index (χ2n) is 4.87. The van der Waals surface area contributed by atoms with Crippen LogP contribution in [-0.2, 0) is 0 Å². The number of aromatic carboxylic acids is 1. The zero-order valence-corrected chi connectivity index (χ0v) is 10.6. The van der Waals surface area contributed by atoms with Gasteiger partial charge in [0, 0.05) is 12.3 Å². The zero-order chi connectivity index (χ0) is 13.0. The summed E-state index contributed by atoms with van der Waals surface area (Å²) in [6, 6.07) is 3.17. The first-order valence-electron chi connectivity index (χ1n) is 6.55. The molecule has 98 valence electrons. The average Bonchev–Trinajstić information content (AvgIpc) is 2.39. The van der Waals surface area contributed by atoms with Crippen molar-refractivity contribution in [1.29, 1.82) is 0 Å². The lowest BCUT2D eigenvalue weighted by Gasteiger charge is -2.28. The van der Waals surface area contributed by atoms with Crippen molar-refractivity contribution in [3.05, 3.63) is 23.9 Å². The van der Waals surface area contributed by atoms with E-state index in [4.69, 9.17) is 9.84 Å². The highest BCUT2D eigenvalue weighted by molar-refractivity contribution is 5.87. The predicted octanol–water partition coefficient (Wildman–Crippen LogP) is 3.13. The van der Waals surface area contributed by atoms with Gasteiger partial charge >= 0.3 is 5.97 Å². The lowest BCUT2D eigenvalue weighted by molar-refractivity contribution is 0.0696. The van der Waals surface area contributed by atoms with Crippen LogP contribution in [-0.4, -0.2) is 22.2 Å². The van der Waals surface area contributed by atoms with Gasteiger partial charge in [0.1, 0.15) is 6.10 Å². The van der Waals surface area contributed by atoms with Crippen LogP contribution in [0.15, 0.2) is 18.3 Å². The quantitative estimate of drug-likeness (QED) is 0.890. The molecule has 1 fully saturated rings. The molecule has 1 heterocycles. The van der Waals surface area contributed by atoms with Crippen molar-refractivity contribution in [1.82, 2.24) is 4.98 Å². The second-order valence-corrected chi connectivity index (χ2v) is 4.87. The molecule has 18 heavy (non-hydrogen) atoms. The molecule has 0 spiro atoms. The van der Waals surface area contributed by atoms with E-state index in [0.717, 1.165) is 18.8 Å². The van der Waals surface area contributed by atoms with Crippen molar-refractivity contribution in [3.63, 3.8) is 0 Å². The third kappa shape index (κ3) is 3.22. The summed E-state index contributed by atoms with van der Waals surface area (Å²) in [5.74, 6) is 0.321. The van der Waals surface area contributed by atoms with E-state index < -0.39 is 5.97 Å². The van der Waals surface area contributed by atoms with Crippen molar-refractivity contribution < 1.29 is 14.6 Å². The molecule has 0 saturated heterocycles. The molecule has 1 aromatic heterocycles. The summed E-state index contributed by atoms with van der Waals surface area (Å²) in [7, 11) is 0. The number of ether oxygens (including phenoxy) is 1. The minimum absolute atomic E-state index is 0.192. The van der Waals surface area contributed by atoms with Crippen molar-refractivity contribution in [2.24, 2.45) is 5.92 Å². The smallest absolute Gasteiger partial charge is 0.337 e. The van der Waals surface area contributed by atoms with E-state index in [2.05, 4.69) is 11.9 Å². The fourth-order valence-electron chi connectivity index (χ4n) is 2.47. The summed E-state index contributed by atoms with van der Waals surface area (Å²) in [5, 5.41) is 8.78. The van der Waals surface area contributed by atoms with Crippen LogP contribution in [0.5, 0.6) is 5.88 Å². The van der Waals surface area contributed by atoms with Crippen LogP contribution in [0.1, 0.15) is 49.4 Å². The van der Waals surface area contributed by atoms with Gasteiger partial charge in [-0.15, -0.1) is 0 Å². The van der Waals surface area contributed by atoms with Crippen LogP contribution in [0.25, 0.3) is 0 Å². The predicted molar refractivity (Wildman–Crippen MR) is 67.9 cm³/mol. The Morgan fingerprint density at radius 3 is 2.94 bits per heavy atom. The zero-order valence-electron chi connectivity index (χ0n) is 10.6. The second kappa shape index (κ2) is 5.85.